The number of hydrogen-bond acceptors (Lipinski definition) is 18. The van der Waals surface area contributed by atoms with Gasteiger partial charge < -0.3 is 30.0 Å². The highest BCUT2D eigenvalue weighted by molar-refractivity contribution is 9.10. The number of carbonyl (C=O) groups is 2. The first-order chi connectivity index (χ1) is 51.7. The second-order valence-corrected chi connectivity index (χ2v) is 28.6. The number of nitrogens with two attached hydrogens (primary N) is 1. The average molecular weight is 1580 g/mol. The van der Waals surface area contributed by atoms with Crippen LogP contribution in [0.5, 0.6) is 0 Å². The van der Waals surface area contributed by atoms with Crippen molar-refractivity contribution in [3.63, 3.8) is 0 Å². The van der Waals surface area contributed by atoms with Gasteiger partial charge in [0.1, 0.15) is 43.7 Å². The van der Waals surface area contributed by atoms with Gasteiger partial charge in [0.15, 0.2) is 28.6 Å². The topological polar surface area (TPSA) is 245 Å². The molecule has 562 valence electrons. The standard InChI is InChI=1S/C28H30BrCl2N7O2.C28H32ClN7O2.C22H20N6.2CH4/c1-35-10-12-36(13-11-35)14-15-40-28(39)37(17-21-4-2-3-5-24(21)30)26-23-16-34-38(27(23)33-19-32-26)18-25(31)20-6-8-22(29)9-7-20;1-33-12-14-34(15-13-33)16-17-38-28(37)35(19-22-8-4-2-5-9-22)26-24-18-32-36(27(24)31-21-30-26)20-25(29)23-10-6-3-7-11-23;1-14(15-5-3-2-4-6-15)12-28-22-19(21(23)25-13-26-22)20(27-28)17-7-8-18-16(11-17)9-10-24-18;;/h2-9,16,19,25H,10-15,17-18H2,1H3;2-11,18,21,25H,12-17,19-20H2,1H3;2-11,13-14,24H,12H2,1H3,(H2,23,25,26);2*1H4. The summed E-state index contributed by atoms with van der Waals surface area (Å²) in [5, 5.41) is 17.1. The summed E-state index contributed by atoms with van der Waals surface area (Å²) in [5.41, 5.74) is 16.1. The number of nitrogens with one attached hydrogen (secondary N) is 1. The van der Waals surface area contributed by atoms with Gasteiger partial charge in [0, 0.05) is 110 Å². The number of alkyl halides is 2. The molecule has 2 saturated heterocycles. The fourth-order valence-electron chi connectivity index (χ4n) is 12.9. The molecule has 0 saturated carbocycles. The Morgan fingerprint density at radius 2 is 1.06 bits per heavy atom. The lowest BCUT2D eigenvalue weighted by Gasteiger charge is -2.32. The Morgan fingerprint density at radius 1 is 0.565 bits per heavy atom. The molecular formula is C80H90BrCl3N20O4. The number of fused-ring (bicyclic) bond motifs is 4. The van der Waals surface area contributed by atoms with Crippen LogP contribution in [0.2, 0.25) is 5.02 Å². The molecule has 0 radical (unpaired) electrons. The average Bonchev–Trinajstić information content (AvgIpc) is 1.62. The fourth-order valence-corrected chi connectivity index (χ4v) is 13.9. The lowest BCUT2D eigenvalue weighted by molar-refractivity contribution is 0.107. The van der Waals surface area contributed by atoms with Gasteiger partial charge in [-0.25, -0.2) is 53.5 Å². The van der Waals surface area contributed by atoms with Gasteiger partial charge >= 0.3 is 12.2 Å². The van der Waals surface area contributed by atoms with Crippen molar-refractivity contribution < 1.29 is 19.1 Å². The van der Waals surface area contributed by atoms with Crippen LogP contribution < -0.4 is 15.5 Å². The number of piperazine rings is 2. The Morgan fingerprint density at radius 3 is 1.63 bits per heavy atom. The molecule has 108 heavy (non-hydrogen) atoms. The number of nitrogens with zero attached hydrogens (tertiary/aromatic N) is 18. The minimum Gasteiger partial charge on any atom is -0.448 e. The van der Waals surface area contributed by atoms with Crippen LogP contribution in [0.1, 0.15) is 66.3 Å². The zero-order valence-electron chi connectivity index (χ0n) is 59.1. The Kier molecular flexibility index (Phi) is 27.6. The highest BCUT2D eigenvalue weighted by atomic mass is 79.9. The minimum atomic E-state index is -0.508. The van der Waals surface area contributed by atoms with Crippen LogP contribution >= 0.6 is 50.7 Å². The minimum absolute atomic E-state index is 0. The lowest BCUT2D eigenvalue weighted by atomic mass is 10.0. The number of rotatable bonds is 22. The summed E-state index contributed by atoms with van der Waals surface area (Å²) in [4.78, 5) is 69.0. The number of likely N-dealkylation sites (N-methyl/N-ethyl adjacent to an activating group) is 2. The largest absolute Gasteiger partial charge is 0.448 e. The number of amides is 2. The summed E-state index contributed by atoms with van der Waals surface area (Å²) in [7, 11) is 4.24. The van der Waals surface area contributed by atoms with Crippen molar-refractivity contribution in [3.05, 3.63) is 239 Å². The van der Waals surface area contributed by atoms with Gasteiger partial charge in [-0.05, 0) is 78.3 Å². The van der Waals surface area contributed by atoms with Crippen LogP contribution in [0.4, 0.5) is 27.0 Å². The van der Waals surface area contributed by atoms with Crippen molar-refractivity contribution in [2.24, 2.45) is 0 Å². The summed E-state index contributed by atoms with van der Waals surface area (Å²) in [6.45, 7) is 14.1. The summed E-state index contributed by atoms with van der Waals surface area (Å²) in [6, 6.07) is 53.6. The molecule has 2 aliphatic heterocycles. The van der Waals surface area contributed by atoms with Gasteiger partial charge in [-0.15, -0.1) is 23.2 Å². The Labute approximate surface area is 652 Å². The zero-order valence-corrected chi connectivity index (χ0v) is 62.9. The third-order valence-electron chi connectivity index (χ3n) is 19.0. The fraction of sp³-hybridized carbons (Fsp3) is 0.312. The number of nitrogen functional groups attached to an aromatic ring is 1. The van der Waals surface area contributed by atoms with E-state index in [2.05, 4.69) is 150 Å². The summed E-state index contributed by atoms with van der Waals surface area (Å²) >= 11 is 23.3. The van der Waals surface area contributed by atoms with Crippen molar-refractivity contribution in [1.29, 1.82) is 0 Å². The molecule has 0 bridgehead atoms. The molecule has 2 fully saturated rings. The maximum absolute atomic E-state index is 13.5. The lowest BCUT2D eigenvalue weighted by Crippen LogP contribution is -2.45. The van der Waals surface area contributed by atoms with Gasteiger partial charge in [0.25, 0.3) is 0 Å². The highest BCUT2D eigenvalue weighted by Gasteiger charge is 2.29. The molecule has 3 N–H and O–H groups in total. The van der Waals surface area contributed by atoms with Crippen molar-refractivity contribution in [1.82, 2.24) is 83.8 Å². The van der Waals surface area contributed by atoms with Crippen LogP contribution in [-0.4, -0.2) is 189 Å². The highest BCUT2D eigenvalue weighted by Crippen LogP contribution is 2.35. The molecule has 2 aliphatic rings. The van der Waals surface area contributed by atoms with E-state index < -0.39 is 12.2 Å². The van der Waals surface area contributed by atoms with Crippen LogP contribution in [-0.2, 0) is 42.2 Å². The number of halogens is 4. The van der Waals surface area contributed by atoms with Crippen LogP contribution in [0.15, 0.2) is 206 Å². The molecule has 15 rings (SSSR count). The Balaban J connectivity index is 0.000000162. The zero-order chi connectivity index (χ0) is 73.5. The first kappa shape index (κ1) is 79.1. The number of aromatic amines is 1. The van der Waals surface area contributed by atoms with E-state index in [-0.39, 0.29) is 38.8 Å². The van der Waals surface area contributed by atoms with E-state index in [0.717, 1.165) is 112 Å². The maximum atomic E-state index is 13.5. The second kappa shape index (κ2) is 37.7. The number of H-pyrrole nitrogens is 1. The van der Waals surface area contributed by atoms with E-state index in [0.29, 0.717) is 96.3 Å². The van der Waals surface area contributed by atoms with E-state index >= 15 is 0 Å². The summed E-state index contributed by atoms with van der Waals surface area (Å²) in [5.74, 6) is 1.60. The second-order valence-electron chi connectivity index (χ2n) is 26.3. The third-order valence-corrected chi connectivity index (χ3v) is 20.6. The van der Waals surface area contributed by atoms with Gasteiger partial charge in [-0.2, -0.15) is 15.3 Å². The SMILES string of the molecule is C.C.CC(Cn1nc(-c2ccc3[nH]ccc3c2)c2c(N)ncnc21)c1ccccc1.CN1CCN(CCOC(=O)N(Cc2ccccc2)c2ncnc3c2cnn3CC(Cl)c2ccccc2)CC1.CN1CCN(CCOC(=O)N(Cc2ccccc2Cl)c2ncnc3c2cnn3CC(Cl)c2ccc(Br)cc2)CC1. The molecule has 0 aliphatic carbocycles. The van der Waals surface area contributed by atoms with Gasteiger partial charge in [0.2, 0.25) is 0 Å². The van der Waals surface area contributed by atoms with E-state index in [9.17, 15) is 9.59 Å². The van der Waals surface area contributed by atoms with E-state index in [1.165, 1.54) is 29.4 Å². The summed E-state index contributed by atoms with van der Waals surface area (Å²) in [6.07, 6.45) is 8.71. The molecule has 3 unspecified atom stereocenters. The Bertz CT molecular complexity index is 5040. The molecular weight excluding hydrogens is 1490 g/mol. The first-order valence-electron chi connectivity index (χ1n) is 35.2. The van der Waals surface area contributed by atoms with E-state index in [4.69, 9.17) is 55.1 Å². The monoisotopic (exact) mass is 1580 g/mol. The van der Waals surface area contributed by atoms with Gasteiger partial charge in [-0.1, -0.05) is 177 Å². The quantitative estimate of drug-likeness (QED) is 0.0599. The molecule has 24 nitrogen and oxygen atoms in total. The van der Waals surface area contributed by atoms with Crippen molar-refractivity contribution in [2.45, 2.75) is 71.2 Å². The predicted molar refractivity (Wildman–Crippen MR) is 435 cm³/mol. The van der Waals surface area contributed by atoms with Crippen molar-refractivity contribution in [3.8, 4) is 11.3 Å². The molecule has 28 heteroatoms. The molecule has 7 aromatic heterocycles. The number of carbonyl (C=O) groups excluding carboxylic acids is 2. The smallest absolute Gasteiger partial charge is 0.415 e. The molecule has 3 atom stereocenters. The Hall–Kier alpha value is -9.96. The van der Waals surface area contributed by atoms with Crippen LogP contribution in [0, 0.1) is 0 Å². The maximum Gasteiger partial charge on any atom is 0.415 e. The molecule has 13 aromatic rings. The van der Waals surface area contributed by atoms with Gasteiger partial charge in [0.05, 0.1) is 65.5 Å². The summed E-state index contributed by atoms with van der Waals surface area (Å²) < 4.78 is 17.9. The third kappa shape index (κ3) is 19.7. The number of ether oxygens (including phenoxy) is 2. The first-order valence-corrected chi connectivity index (χ1v) is 37.2. The molecule has 0 spiro atoms. The van der Waals surface area contributed by atoms with Crippen molar-refractivity contribution >= 4 is 124 Å². The number of anilines is 3. The number of benzene rings is 6. The number of hydrogen-bond donors (Lipinski definition) is 2. The molecule has 9 heterocycles. The predicted octanol–water partition coefficient (Wildman–Crippen LogP) is 15.4. The van der Waals surface area contributed by atoms with Crippen LogP contribution in [0.25, 0.3) is 55.3 Å². The molecule has 6 aromatic carbocycles. The van der Waals surface area contributed by atoms with E-state index in [1.54, 1.807) is 32.7 Å². The van der Waals surface area contributed by atoms with Gasteiger partial charge in [-0.3, -0.25) is 19.6 Å². The van der Waals surface area contributed by atoms with E-state index in [1.807, 2.05) is 120 Å². The van der Waals surface area contributed by atoms with Crippen molar-refractivity contribution in [2.75, 3.05) is 108 Å². The number of aromatic nitrogens is 13. The van der Waals surface area contributed by atoms with Crippen LogP contribution in [0.3, 0.4) is 0 Å². The normalized spacial score (nSPS) is 14.4. The molecule has 2 amide bonds.